The van der Waals surface area contributed by atoms with Crippen molar-refractivity contribution in [2.45, 2.75) is 31.4 Å². The van der Waals surface area contributed by atoms with Crippen molar-refractivity contribution in [3.8, 4) is 5.75 Å². The number of hydrogen-bond acceptors (Lipinski definition) is 5. The highest BCUT2D eigenvalue weighted by atomic mass is 79.9. The zero-order chi connectivity index (χ0) is 18.4. The molecule has 0 aliphatic rings. The Bertz CT molecular complexity index is 633. The summed E-state index contributed by atoms with van der Waals surface area (Å²) in [5.41, 5.74) is 0. The van der Waals surface area contributed by atoms with Gasteiger partial charge >= 0.3 is 6.36 Å². The molecule has 0 aliphatic carbocycles. The molecule has 0 aromatic heterocycles. The van der Waals surface area contributed by atoms with Crippen LogP contribution in [0, 0.1) is 0 Å². The van der Waals surface area contributed by atoms with Gasteiger partial charge in [-0.15, -0.1) is 13.2 Å². The van der Waals surface area contributed by atoms with E-state index in [-0.39, 0.29) is 24.2 Å². The molecule has 0 atom stereocenters. The number of benzene rings is 1. The fourth-order valence-electron chi connectivity index (χ4n) is 1.70. The summed E-state index contributed by atoms with van der Waals surface area (Å²) in [6.45, 7) is 3.71. The number of nitrogens with one attached hydrogen (secondary N) is 1. The molecule has 0 unspecified atom stereocenters. The smallest absolute Gasteiger partial charge is 0.404 e. The Hall–Kier alpha value is -0.880. The van der Waals surface area contributed by atoms with Crippen LogP contribution in [0.15, 0.2) is 27.6 Å². The average molecular weight is 436 g/mol. The van der Waals surface area contributed by atoms with Crippen molar-refractivity contribution in [2.24, 2.45) is 0 Å². The van der Waals surface area contributed by atoms with E-state index in [0.717, 1.165) is 12.1 Å². The molecule has 0 saturated heterocycles. The normalized spacial score (nSPS) is 12.6. The van der Waals surface area contributed by atoms with E-state index in [2.05, 4.69) is 25.4 Å². The number of sulfonamides is 1. The first kappa shape index (κ1) is 21.2. The van der Waals surface area contributed by atoms with Gasteiger partial charge in [-0.25, -0.2) is 13.1 Å². The van der Waals surface area contributed by atoms with Crippen LogP contribution in [-0.4, -0.2) is 40.8 Å². The van der Waals surface area contributed by atoms with Crippen LogP contribution in [0.25, 0.3) is 0 Å². The Morgan fingerprint density at radius 3 is 2.29 bits per heavy atom. The SMILES string of the molecule is CCOC(CNS(=O)(=O)c1ccc(Br)cc1OC(F)(F)F)OCC. The van der Waals surface area contributed by atoms with E-state index in [1.165, 1.54) is 6.07 Å². The molecule has 0 heterocycles. The molecule has 24 heavy (non-hydrogen) atoms. The van der Waals surface area contributed by atoms with E-state index < -0.39 is 33.3 Å². The predicted octanol–water partition coefficient (Wildman–Crippen LogP) is 3.03. The largest absolute Gasteiger partial charge is 0.573 e. The molecule has 0 saturated carbocycles. The highest BCUT2D eigenvalue weighted by molar-refractivity contribution is 9.10. The number of ether oxygens (including phenoxy) is 3. The van der Waals surface area contributed by atoms with E-state index in [1.54, 1.807) is 13.8 Å². The monoisotopic (exact) mass is 435 g/mol. The van der Waals surface area contributed by atoms with Gasteiger partial charge in [-0.1, -0.05) is 15.9 Å². The van der Waals surface area contributed by atoms with Gasteiger partial charge in [0.2, 0.25) is 10.0 Å². The lowest BCUT2D eigenvalue weighted by molar-refractivity contribution is -0.275. The van der Waals surface area contributed by atoms with Gasteiger partial charge in [0.15, 0.2) is 12.0 Å². The van der Waals surface area contributed by atoms with Crippen molar-refractivity contribution in [3.63, 3.8) is 0 Å². The molecule has 11 heteroatoms. The molecule has 1 aromatic rings. The van der Waals surface area contributed by atoms with Crippen molar-refractivity contribution < 1.29 is 35.8 Å². The van der Waals surface area contributed by atoms with Gasteiger partial charge in [-0.2, -0.15) is 0 Å². The summed E-state index contributed by atoms with van der Waals surface area (Å²) in [5, 5.41) is 0. The molecular weight excluding hydrogens is 419 g/mol. The summed E-state index contributed by atoms with van der Waals surface area (Å²) >= 11 is 2.97. The van der Waals surface area contributed by atoms with Crippen LogP contribution in [0.2, 0.25) is 0 Å². The van der Waals surface area contributed by atoms with Crippen molar-refractivity contribution in [2.75, 3.05) is 19.8 Å². The second kappa shape index (κ2) is 8.99. The van der Waals surface area contributed by atoms with E-state index >= 15 is 0 Å². The molecular formula is C13H17BrF3NO5S. The summed E-state index contributed by atoms with van der Waals surface area (Å²) in [7, 11) is -4.27. The maximum Gasteiger partial charge on any atom is 0.573 e. The third-order valence-corrected chi connectivity index (χ3v) is 4.52. The van der Waals surface area contributed by atoms with Gasteiger partial charge in [0.25, 0.3) is 0 Å². The number of alkyl halides is 3. The summed E-state index contributed by atoms with van der Waals surface area (Å²) in [6.07, 6.45) is -5.87. The lowest BCUT2D eigenvalue weighted by Gasteiger charge is -2.18. The first-order chi connectivity index (χ1) is 11.1. The molecule has 0 bridgehead atoms. The van der Waals surface area contributed by atoms with Crippen molar-refractivity contribution in [1.82, 2.24) is 4.72 Å². The third-order valence-electron chi connectivity index (χ3n) is 2.57. The van der Waals surface area contributed by atoms with Gasteiger partial charge in [-0.05, 0) is 32.0 Å². The summed E-state index contributed by atoms with van der Waals surface area (Å²) in [4.78, 5) is -0.644. The minimum atomic E-state index is -5.02. The van der Waals surface area contributed by atoms with Crippen LogP contribution in [-0.2, 0) is 19.5 Å². The Kier molecular flexibility index (Phi) is 7.93. The van der Waals surface area contributed by atoms with E-state index in [4.69, 9.17) is 9.47 Å². The molecule has 0 amide bonds. The molecule has 1 rings (SSSR count). The first-order valence-electron chi connectivity index (χ1n) is 6.87. The van der Waals surface area contributed by atoms with E-state index in [9.17, 15) is 21.6 Å². The van der Waals surface area contributed by atoms with Gasteiger partial charge < -0.3 is 14.2 Å². The quantitative estimate of drug-likeness (QED) is 0.603. The van der Waals surface area contributed by atoms with Crippen LogP contribution in [0.4, 0.5) is 13.2 Å². The highest BCUT2D eigenvalue weighted by Crippen LogP contribution is 2.32. The van der Waals surface area contributed by atoms with Gasteiger partial charge in [0, 0.05) is 17.7 Å². The minimum absolute atomic E-state index is 0.238. The third kappa shape index (κ3) is 6.93. The van der Waals surface area contributed by atoms with E-state index in [1.807, 2.05) is 0 Å². The van der Waals surface area contributed by atoms with Crippen molar-refractivity contribution >= 4 is 26.0 Å². The summed E-state index contributed by atoms with van der Waals surface area (Å²) < 4.78 is 78.5. The molecule has 1 aromatic carbocycles. The van der Waals surface area contributed by atoms with Gasteiger partial charge in [-0.3, -0.25) is 0 Å². The molecule has 0 fully saturated rings. The molecule has 0 radical (unpaired) electrons. The maximum atomic E-state index is 12.5. The molecule has 0 spiro atoms. The Morgan fingerprint density at radius 1 is 1.21 bits per heavy atom. The lowest BCUT2D eigenvalue weighted by Crippen LogP contribution is -2.35. The highest BCUT2D eigenvalue weighted by Gasteiger charge is 2.34. The van der Waals surface area contributed by atoms with Gasteiger partial charge in [0.05, 0.1) is 6.54 Å². The van der Waals surface area contributed by atoms with Gasteiger partial charge in [0.1, 0.15) is 4.90 Å². The summed E-state index contributed by atoms with van der Waals surface area (Å²) in [6, 6.07) is 3.22. The van der Waals surface area contributed by atoms with Crippen LogP contribution in [0.1, 0.15) is 13.8 Å². The second-order valence-corrected chi connectivity index (χ2v) is 6.98. The van der Waals surface area contributed by atoms with Crippen LogP contribution < -0.4 is 9.46 Å². The Morgan fingerprint density at radius 2 is 1.79 bits per heavy atom. The molecule has 0 aliphatic heterocycles. The topological polar surface area (TPSA) is 73.9 Å². The van der Waals surface area contributed by atoms with Crippen LogP contribution >= 0.6 is 15.9 Å². The van der Waals surface area contributed by atoms with Crippen LogP contribution in [0.5, 0.6) is 5.75 Å². The second-order valence-electron chi connectivity index (χ2n) is 4.33. The molecule has 6 nitrogen and oxygen atoms in total. The minimum Gasteiger partial charge on any atom is -0.404 e. The Labute approximate surface area is 146 Å². The zero-order valence-electron chi connectivity index (χ0n) is 12.9. The standard InChI is InChI=1S/C13H17BrF3NO5S/c1-3-21-12(22-4-2)8-18-24(19,20)11-6-5-9(14)7-10(11)23-13(15,16)17/h5-7,12,18H,3-4,8H2,1-2H3. The Balaban J connectivity index is 3.01. The summed E-state index contributed by atoms with van der Waals surface area (Å²) in [5.74, 6) is -0.839. The molecule has 1 N–H and O–H groups in total. The predicted molar refractivity (Wildman–Crippen MR) is 83.1 cm³/mol. The number of rotatable bonds is 9. The number of hydrogen-bond donors (Lipinski definition) is 1. The van der Waals surface area contributed by atoms with Crippen molar-refractivity contribution in [3.05, 3.63) is 22.7 Å². The zero-order valence-corrected chi connectivity index (χ0v) is 15.3. The lowest BCUT2D eigenvalue weighted by atomic mass is 10.3. The average Bonchev–Trinajstić information content (AvgIpc) is 2.43. The maximum absolute atomic E-state index is 12.5. The molecule has 138 valence electrons. The van der Waals surface area contributed by atoms with Crippen molar-refractivity contribution in [1.29, 1.82) is 0 Å². The fourth-order valence-corrected chi connectivity index (χ4v) is 3.17. The van der Waals surface area contributed by atoms with Crippen LogP contribution in [0.3, 0.4) is 0 Å². The first-order valence-corrected chi connectivity index (χ1v) is 9.14. The van der Waals surface area contributed by atoms with E-state index in [0.29, 0.717) is 0 Å². The fraction of sp³-hybridized carbons (Fsp3) is 0.538. The number of halogens is 4.